The maximum Gasteiger partial charge on any atom is 0.164 e. The minimum Gasteiger partial charge on any atom is -0.294 e. The third-order valence-electron chi connectivity index (χ3n) is 1.83. The third kappa shape index (κ3) is 3.17. The Labute approximate surface area is 109 Å². The summed E-state index contributed by atoms with van der Waals surface area (Å²) in [6.07, 6.45) is 0.543. The number of ketones is 1. The normalized spacial score (nSPS) is 10.2. The molecule has 0 spiro atoms. The van der Waals surface area contributed by atoms with Gasteiger partial charge in [0, 0.05) is 27.1 Å². The third-order valence-corrected chi connectivity index (χ3v) is 3.33. The van der Waals surface area contributed by atoms with E-state index >= 15 is 0 Å². The van der Waals surface area contributed by atoms with E-state index in [2.05, 4.69) is 47.8 Å². The van der Waals surface area contributed by atoms with Crippen LogP contribution in [-0.2, 0) is 5.33 Å². The van der Waals surface area contributed by atoms with E-state index in [4.69, 9.17) is 0 Å². The van der Waals surface area contributed by atoms with Gasteiger partial charge < -0.3 is 0 Å². The Hall–Kier alpha value is 0.330. The van der Waals surface area contributed by atoms with Crippen molar-refractivity contribution in [2.75, 3.05) is 5.33 Å². The van der Waals surface area contributed by atoms with Gasteiger partial charge in [0.2, 0.25) is 0 Å². The molecule has 4 heteroatoms. The predicted octanol–water partition coefficient (Wildman–Crippen LogP) is 4.31. The van der Waals surface area contributed by atoms with Crippen LogP contribution >= 0.6 is 47.8 Å². The fourth-order valence-electron chi connectivity index (χ4n) is 1.17. The molecule has 0 aliphatic carbocycles. The van der Waals surface area contributed by atoms with Gasteiger partial charge in [-0.15, -0.1) is 0 Å². The molecular formula is C10H9Br3O. The zero-order valence-corrected chi connectivity index (χ0v) is 12.2. The summed E-state index contributed by atoms with van der Waals surface area (Å²) >= 11 is 10.0. The zero-order valence-electron chi connectivity index (χ0n) is 7.40. The Morgan fingerprint density at radius 3 is 2.57 bits per heavy atom. The molecule has 76 valence electrons. The zero-order chi connectivity index (χ0) is 10.6. The highest BCUT2D eigenvalue weighted by molar-refractivity contribution is 9.10. The van der Waals surface area contributed by atoms with Crippen LogP contribution in [0, 0.1) is 0 Å². The van der Waals surface area contributed by atoms with Gasteiger partial charge in [0.15, 0.2) is 5.78 Å². The molecule has 0 aliphatic rings. The molecule has 0 radical (unpaired) electrons. The van der Waals surface area contributed by atoms with Crippen LogP contribution in [0.4, 0.5) is 0 Å². The largest absolute Gasteiger partial charge is 0.294 e. The van der Waals surface area contributed by atoms with Crippen molar-refractivity contribution in [3.63, 3.8) is 0 Å². The highest BCUT2D eigenvalue weighted by atomic mass is 79.9. The molecule has 0 saturated heterocycles. The molecule has 0 atom stereocenters. The predicted molar refractivity (Wildman–Crippen MR) is 69.5 cm³/mol. The second-order valence-electron chi connectivity index (χ2n) is 2.80. The van der Waals surface area contributed by atoms with Gasteiger partial charge in [0.25, 0.3) is 0 Å². The van der Waals surface area contributed by atoms with E-state index in [1.54, 1.807) is 0 Å². The van der Waals surface area contributed by atoms with E-state index in [0.29, 0.717) is 17.1 Å². The summed E-state index contributed by atoms with van der Waals surface area (Å²) in [5, 5.41) is 1.42. The summed E-state index contributed by atoms with van der Waals surface area (Å²) in [5.74, 6) is 0.184. The summed E-state index contributed by atoms with van der Waals surface area (Å²) < 4.78 is 1.00. The lowest BCUT2D eigenvalue weighted by atomic mass is 10.0. The van der Waals surface area contributed by atoms with Crippen LogP contribution in [0.3, 0.4) is 0 Å². The van der Waals surface area contributed by atoms with Crippen molar-refractivity contribution in [2.45, 2.75) is 11.8 Å². The number of halogens is 3. The van der Waals surface area contributed by atoms with Gasteiger partial charge in [-0.3, -0.25) is 4.79 Å². The molecule has 1 nitrogen and oxygen atoms in total. The van der Waals surface area contributed by atoms with Crippen LogP contribution in [-0.4, -0.2) is 11.1 Å². The van der Waals surface area contributed by atoms with E-state index in [1.165, 1.54) is 0 Å². The van der Waals surface area contributed by atoms with Gasteiger partial charge >= 0.3 is 0 Å². The molecule has 1 rings (SSSR count). The summed E-state index contributed by atoms with van der Waals surface area (Å²) in [6.45, 7) is 0. The van der Waals surface area contributed by atoms with Crippen LogP contribution in [0.2, 0.25) is 0 Å². The van der Waals surface area contributed by atoms with Crippen molar-refractivity contribution in [1.29, 1.82) is 0 Å². The van der Waals surface area contributed by atoms with E-state index < -0.39 is 0 Å². The van der Waals surface area contributed by atoms with Crippen LogP contribution in [0.15, 0.2) is 22.7 Å². The number of alkyl halides is 2. The van der Waals surface area contributed by atoms with Crippen molar-refractivity contribution in [3.05, 3.63) is 33.8 Å². The molecule has 1 aromatic carbocycles. The molecule has 1 aromatic rings. The second-order valence-corrected chi connectivity index (χ2v) is 5.07. The van der Waals surface area contributed by atoms with Crippen LogP contribution < -0.4 is 0 Å². The van der Waals surface area contributed by atoms with Gasteiger partial charge in [-0.25, -0.2) is 0 Å². The van der Waals surface area contributed by atoms with E-state index in [-0.39, 0.29) is 5.78 Å². The maximum absolute atomic E-state index is 11.7. The monoisotopic (exact) mass is 382 g/mol. The summed E-state index contributed by atoms with van der Waals surface area (Å²) in [7, 11) is 0. The molecular weight excluding hydrogens is 376 g/mol. The Bertz CT molecular complexity index is 336. The average Bonchev–Trinajstić information content (AvgIpc) is 2.17. The van der Waals surface area contributed by atoms with Crippen LogP contribution in [0.1, 0.15) is 22.3 Å². The molecule has 0 fully saturated rings. The topological polar surface area (TPSA) is 17.1 Å². The van der Waals surface area contributed by atoms with Gasteiger partial charge in [0.05, 0.1) is 0 Å². The number of carbonyl (C=O) groups excluding carboxylic acids is 1. The molecule has 0 amide bonds. The van der Waals surface area contributed by atoms with Crippen molar-refractivity contribution in [2.24, 2.45) is 0 Å². The van der Waals surface area contributed by atoms with Gasteiger partial charge in [-0.2, -0.15) is 0 Å². The van der Waals surface area contributed by atoms with E-state index in [9.17, 15) is 4.79 Å². The van der Waals surface area contributed by atoms with Crippen LogP contribution in [0.25, 0.3) is 0 Å². The van der Waals surface area contributed by atoms with Crippen molar-refractivity contribution < 1.29 is 4.79 Å². The quantitative estimate of drug-likeness (QED) is 0.558. The molecule has 14 heavy (non-hydrogen) atoms. The van der Waals surface area contributed by atoms with Crippen LogP contribution in [0.5, 0.6) is 0 Å². The Morgan fingerprint density at radius 1 is 1.29 bits per heavy atom. The molecule has 0 aliphatic heterocycles. The van der Waals surface area contributed by atoms with Gasteiger partial charge in [-0.05, 0) is 23.8 Å². The van der Waals surface area contributed by atoms with E-state index in [1.807, 2.05) is 18.2 Å². The number of benzene rings is 1. The molecule has 0 heterocycles. The minimum atomic E-state index is 0.184. The number of hydrogen-bond acceptors (Lipinski definition) is 1. The van der Waals surface area contributed by atoms with Crippen molar-refractivity contribution in [3.8, 4) is 0 Å². The SMILES string of the molecule is O=C(CCBr)c1ccc(Br)cc1CBr. The summed E-state index contributed by atoms with van der Waals surface area (Å²) in [5.41, 5.74) is 1.84. The highest BCUT2D eigenvalue weighted by Gasteiger charge is 2.09. The lowest BCUT2D eigenvalue weighted by Crippen LogP contribution is -2.03. The second kappa shape index (κ2) is 6.03. The smallest absolute Gasteiger partial charge is 0.164 e. The van der Waals surface area contributed by atoms with E-state index in [0.717, 1.165) is 15.6 Å². The molecule has 0 aromatic heterocycles. The summed E-state index contributed by atoms with van der Waals surface area (Å²) in [6, 6.07) is 5.73. The first kappa shape index (κ1) is 12.4. The van der Waals surface area contributed by atoms with Gasteiger partial charge in [-0.1, -0.05) is 47.8 Å². The molecule has 0 unspecified atom stereocenters. The number of Topliss-reactive ketones (excluding diaryl/α,β-unsaturated/α-hetero) is 1. The Balaban J connectivity index is 3.01. The van der Waals surface area contributed by atoms with Crippen molar-refractivity contribution in [1.82, 2.24) is 0 Å². The number of carbonyl (C=O) groups is 1. The highest BCUT2D eigenvalue weighted by Crippen LogP contribution is 2.20. The van der Waals surface area contributed by atoms with Gasteiger partial charge in [0.1, 0.15) is 0 Å². The lowest BCUT2D eigenvalue weighted by Gasteiger charge is -2.05. The minimum absolute atomic E-state index is 0.184. The standard InChI is InChI=1S/C10H9Br3O/c11-4-3-10(14)9-2-1-8(13)5-7(9)6-12/h1-2,5H,3-4,6H2. The first-order valence-electron chi connectivity index (χ1n) is 4.12. The number of hydrogen-bond donors (Lipinski definition) is 0. The first-order chi connectivity index (χ1) is 6.69. The summed E-state index contributed by atoms with van der Waals surface area (Å²) in [4.78, 5) is 11.7. The first-order valence-corrected chi connectivity index (χ1v) is 7.16. The Kier molecular flexibility index (Phi) is 5.34. The maximum atomic E-state index is 11.7. The van der Waals surface area contributed by atoms with Crippen molar-refractivity contribution >= 4 is 53.6 Å². The molecule has 0 saturated carbocycles. The Morgan fingerprint density at radius 2 is 2.00 bits per heavy atom. The molecule has 0 N–H and O–H groups in total. The average molecular weight is 385 g/mol. The fourth-order valence-corrected chi connectivity index (χ4v) is 2.40. The number of rotatable bonds is 4. The lowest BCUT2D eigenvalue weighted by molar-refractivity contribution is 0.0989. The fraction of sp³-hybridized carbons (Fsp3) is 0.300. The molecule has 0 bridgehead atoms.